The minimum atomic E-state index is -0.417. The van der Waals surface area contributed by atoms with E-state index in [0.717, 1.165) is 43.7 Å². The van der Waals surface area contributed by atoms with Crippen molar-refractivity contribution < 1.29 is 4.79 Å². The highest BCUT2D eigenvalue weighted by Gasteiger charge is 2.51. The van der Waals surface area contributed by atoms with Crippen LogP contribution in [0.2, 0.25) is 5.02 Å². The maximum Gasteiger partial charge on any atom is 0.235 e. The first-order valence-corrected chi connectivity index (χ1v) is 9.34. The molecule has 0 saturated heterocycles. The number of benzene rings is 2. The molecule has 1 aliphatic carbocycles. The molecule has 25 heavy (non-hydrogen) atoms. The Hall–Kier alpha value is -1.84. The number of carbonyl (C=O) groups excluding carboxylic acids is 1. The first kappa shape index (κ1) is 18.0. The number of nitrogens with zero attached hydrogens (tertiary/aromatic N) is 1. The summed E-state index contributed by atoms with van der Waals surface area (Å²) >= 11 is 6.10. The normalized spacial score (nSPS) is 15.2. The zero-order valence-corrected chi connectivity index (χ0v) is 15.6. The summed E-state index contributed by atoms with van der Waals surface area (Å²) in [6.07, 6.45) is 1.75. The van der Waals surface area contributed by atoms with Crippen molar-refractivity contribution in [2.24, 2.45) is 0 Å². The molecule has 0 bridgehead atoms. The van der Waals surface area contributed by atoms with Gasteiger partial charge in [-0.2, -0.15) is 0 Å². The first-order valence-electron chi connectivity index (χ1n) is 8.96. The second-order valence-electron chi connectivity index (χ2n) is 6.71. The van der Waals surface area contributed by atoms with Gasteiger partial charge >= 0.3 is 0 Å². The van der Waals surface area contributed by atoms with Gasteiger partial charge in [-0.1, -0.05) is 49.7 Å². The molecular formula is C21H25ClN2O. The fourth-order valence-electron chi connectivity index (χ4n) is 3.26. The lowest BCUT2D eigenvalue weighted by atomic mass is 9.95. The number of rotatable bonds is 7. The minimum absolute atomic E-state index is 0.0646. The van der Waals surface area contributed by atoms with Crippen LogP contribution in [-0.2, 0) is 16.8 Å². The highest BCUT2D eigenvalue weighted by molar-refractivity contribution is 6.30. The number of carbonyl (C=O) groups is 1. The van der Waals surface area contributed by atoms with Crippen LogP contribution in [0.5, 0.6) is 0 Å². The molecule has 1 saturated carbocycles. The SMILES string of the molecule is CCN(CC)Cc1cccc(NC(=O)C2(c3cccc(Cl)c3)CC2)c1. The Bertz CT molecular complexity index is 751. The van der Waals surface area contributed by atoms with Gasteiger partial charge in [0.15, 0.2) is 0 Å². The Morgan fingerprint density at radius 2 is 1.84 bits per heavy atom. The Balaban J connectivity index is 1.73. The van der Waals surface area contributed by atoms with Gasteiger partial charge in [0.05, 0.1) is 5.41 Å². The largest absolute Gasteiger partial charge is 0.325 e. The molecule has 4 heteroatoms. The van der Waals surface area contributed by atoms with Crippen molar-refractivity contribution in [3.05, 3.63) is 64.7 Å². The van der Waals surface area contributed by atoms with Gasteiger partial charge in [-0.05, 0) is 61.3 Å². The highest BCUT2D eigenvalue weighted by Crippen LogP contribution is 2.49. The fourth-order valence-corrected chi connectivity index (χ4v) is 3.45. The third-order valence-electron chi connectivity index (χ3n) is 5.05. The van der Waals surface area contributed by atoms with Gasteiger partial charge < -0.3 is 5.32 Å². The lowest BCUT2D eigenvalue weighted by Gasteiger charge is -2.19. The number of halogens is 1. The van der Waals surface area contributed by atoms with Crippen LogP contribution in [0.15, 0.2) is 48.5 Å². The Kier molecular flexibility index (Phi) is 5.45. The molecule has 0 aliphatic heterocycles. The Labute approximate surface area is 155 Å². The number of hydrogen-bond acceptors (Lipinski definition) is 2. The summed E-state index contributed by atoms with van der Waals surface area (Å²) in [6.45, 7) is 7.26. The van der Waals surface area contributed by atoms with E-state index in [1.807, 2.05) is 36.4 Å². The van der Waals surface area contributed by atoms with Crippen LogP contribution in [0.4, 0.5) is 5.69 Å². The van der Waals surface area contributed by atoms with E-state index in [1.54, 1.807) is 0 Å². The van der Waals surface area contributed by atoms with E-state index in [9.17, 15) is 4.79 Å². The average Bonchev–Trinajstić information content (AvgIpc) is 3.42. The number of amides is 1. The summed E-state index contributed by atoms with van der Waals surface area (Å²) in [4.78, 5) is 15.2. The van der Waals surface area contributed by atoms with E-state index >= 15 is 0 Å². The molecular weight excluding hydrogens is 332 g/mol. The van der Waals surface area contributed by atoms with E-state index in [-0.39, 0.29) is 5.91 Å². The molecule has 132 valence electrons. The summed E-state index contributed by atoms with van der Waals surface area (Å²) in [5.41, 5.74) is 2.67. The second-order valence-corrected chi connectivity index (χ2v) is 7.14. The average molecular weight is 357 g/mol. The molecule has 0 atom stereocenters. The van der Waals surface area contributed by atoms with E-state index in [0.29, 0.717) is 5.02 Å². The summed E-state index contributed by atoms with van der Waals surface area (Å²) in [6, 6.07) is 15.8. The molecule has 2 aromatic rings. The van der Waals surface area contributed by atoms with Crippen LogP contribution in [0.1, 0.15) is 37.8 Å². The molecule has 1 aliphatic rings. The predicted molar refractivity (Wildman–Crippen MR) is 104 cm³/mol. The van der Waals surface area contributed by atoms with Gasteiger partial charge in [0.2, 0.25) is 5.91 Å². The van der Waals surface area contributed by atoms with Crippen LogP contribution in [0.25, 0.3) is 0 Å². The van der Waals surface area contributed by atoms with Gasteiger partial charge in [-0.3, -0.25) is 9.69 Å². The zero-order chi connectivity index (χ0) is 17.9. The molecule has 1 fully saturated rings. The summed E-state index contributed by atoms with van der Waals surface area (Å²) < 4.78 is 0. The monoisotopic (exact) mass is 356 g/mol. The molecule has 0 radical (unpaired) electrons. The Morgan fingerprint density at radius 3 is 2.48 bits per heavy atom. The topological polar surface area (TPSA) is 32.3 Å². The summed E-state index contributed by atoms with van der Waals surface area (Å²) in [5.74, 6) is 0.0646. The molecule has 1 N–H and O–H groups in total. The lowest BCUT2D eigenvalue weighted by molar-refractivity contribution is -0.118. The van der Waals surface area contributed by atoms with Crippen molar-refractivity contribution in [2.45, 2.75) is 38.6 Å². The van der Waals surface area contributed by atoms with E-state index < -0.39 is 5.41 Å². The van der Waals surface area contributed by atoms with Gasteiger partial charge in [-0.15, -0.1) is 0 Å². The van der Waals surface area contributed by atoms with Gasteiger partial charge in [0, 0.05) is 17.3 Å². The first-order chi connectivity index (χ1) is 12.1. The second kappa shape index (κ2) is 7.59. The van der Waals surface area contributed by atoms with Crippen molar-refractivity contribution >= 4 is 23.2 Å². The van der Waals surface area contributed by atoms with E-state index in [4.69, 9.17) is 11.6 Å². The van der Waals surface area contributed by atoms with E-state index in [1.165, 1.54) is 5.56 Å². The molecule has 0 spiro atoms. The summed E-state index contributed by atoms with van der Waals surface area (Å²) in [7, 11) is 0. The quantitative estimate of drug-likeness (QED) is 0.768. The highest BCUT2D eigenvalue weighted by atomic mass is 35.5. The van der Waals surface area contributed by atoms with Crippen molar-refractivity contribution in [1.29, 1.82) is 0 Å². The van der Waals surface area contributed by atoms with Crippen molar-refractivity contribution in [3.63, 3.8) is 0 Å². The fraction of sp³-hybridized carbons (Fsp3) is 0.381. The van der Waals surface area contributed by atoms with Gasteiger partial charge in [0.25, 0.3) is 0 Å². The maximum absolute atomic E-state index is 12.9. The van der Waals surface area contributed by atoms with Crippen LogP contribution in [0, 0.1) is 0 Å². The van der Waals surface area contributed by atoms with Crippen molar-refractivity contribution in [3.8, 4) is 0 Å². The third-order valence-corrected chi connectivity index (χ3v) is 5.28. The van der Waals surface area contributed by atoms with Crippen molar-refractivity contribution in [2.75, 3.05) is 18.4 Å². The predicted octanol–water partition coefficient (Wildman–Crippen LogP) is 4.85. The molecule has 3 nitrogen and oxygen atoms in total. The standard InChI is InChI=1S/C21H25ClN2O/c1-3-24(4-2)15-16-7-5-10-19(13-16)23-20(25)21(11-12-21)17-8-6-9-18(22)14-17/h5-10,13-14H,3-4,11-12,15H2,1-2H3,(H,23,25). The maximum atomic E-state index is 12.9. The van der Waals surface area contributed by atoms with Crippen LogP contribution in [0.3, 0.4) is 0 Å². The van der Waals surface area contributed by atoms with Crippen molar-refractivity contribution in [1.82, 2.24) is 4.90 Å². The molecule has 0 unspecified atom stereocenters. The van der Waals surface area contributed by atoms with Gasteiger partial charge in [-0.25, -0.2) is 0 Å². The molecule has 3 rings (SSSR count). The lowest BCUT2D eigenvalue weighted by Crippen LogP contribution is -2.28. The summed E-state index contributed by atoms with van der Waals surface area (Å²) in [5, 5.41) is 3.79. The smallest absolute Gasteiger partial charge is 0.235 e. The molecule has 1 amide bonds. The van der Waals surface area contributed by atoms with Crippen LogP contribution in [-0.4, -0.2) is 23.9 Å². The Morgan fingerprint density at radius 1 is 1.12 bits per heavy atom. The molecule has 0 heterocycles. The molecule has 0 aromatic heterocycles. The van der Waals surface area contributed by atoms with Crippen LogP contribution < -0.4 is 5.32 Å². The molecule has 2 aromatic carbocycles. The minimum Gasteiger partial charge on any atom is -0.325 e. The zero-order valence-electron chi connectivity index (χ0n) is 14.9. The number of anilines is 1. The number of nitrogens with one attached hydrogen (secondary N) is 1. The van der Waals surface area contributed by atoms with Crippen LogP contribution >= 0.6 is 11.6 Å². The third kappa shape index (κ3) is 4.05. The van der Waals surface area contributed by atoms with Gasteiger partial charge in [0.1, 0.15) is 0 Å². The van der Waals surface area contributed by atoms with E-state index in [2.05, 4.69) is 36.2 Å². The number of hydrogen-bond donors (Lipinski definition) is 1.